The third-order valence-electron chi connectivity index (χ3n) is 2.52. The lowest BCUT2D eigenvalue weighted by molar-refractivity contribution is -0.384. The lowest BCUT2D eigenvalue weighted by atomic mass is 10.2. The molecule has 0 saturated carbocycles. The number of halogens is 3. The van der Waals surface area contributed by atoms with Gasteiger partial charge in [0.2, 0.25) is 0 Å². The molecule has 0 aliphatic heterocycles. The molecule has 0 bridgehead atoms. The second-order valence-corrected chi connectivity index (χ2v) is 5.68. The average molecular weight is 421 g/mol. The summed E-state index contributed by atoms with van der Waals surface area (Å²) in [6.07, 6.45) is 0. The highest BCUT2D eigenvalue weighted by molar-refractivity contribution is 9.10. The smallest absolute Gasteiger partial charge is 0.271 e. The largest absolute Gasteiger partial charge is 0.456 e. The first kappa shape index (κ1) is 15.3. The number of ether oxygens (including phenoxy) is 1. The summed E-state index contributed by atoms with van der Waals surface area (Å²) in [4.78, 5) is 10.1. The van der Waals surface area contributed by atoms with Crippen LogP contribution in [-0.4, -0.2) is 4.92 Å². The number of alkyl halides is 1. The Balaban J connectivity index is 2.26. The molecule has 0 aliphatic rings. The predicted molar refractivity (Wildman–Crippen MR) is 85.0 cm³/mol. The normalized spacial score (nSPS) is 10.3. The molecular formula is C13H8Br2ClNO3. The van der Waals surface area contributed by atoms with Crippen LogP contribution in [0.1, 0.15) is 5.56 Å². The number of nitro benzene ring substituents is 1. The van der Waals surface area contributed by atoms with Crippen molar-refractivity contribution in [1.29, 1.82) is 0 Å². The van der Waals surface area contributed by atoms with E-state index in [2.05, 4.69) is 31.9 Å². The molecule has 7 heteroatoms. The maximum Gasteiger partial charge on any atom is 0.271 e. The quantitative estimate of drug-likeness (QED) is 0.362. The van der Waals surface area contributed by atoms with Crippen molar-refractivity contribution in [3.8, 4) is 11.5 Å². The maximum absolute atomic E-state index is 10.6. The van der Waals surface area contributed by atoms with Gasteiger partial charge in [0.25, 0.3) is 5.69 Å². The minimum absolute atomic E-state index is 0.0711. The molecule has 0 radical (unpaired) electrons. The van der Waals surface area contributed by atoms with Crippen molar-refractivity contribution in [2.75, 3.05) is 0 Å². The van der Waals surface area contributed by atoms with E-state index in [9.17, 15) is 10.1 Å². The van der Waals surface area contributed by atoms with Crippen molar-refractivity contribution in [3.05, 3.63) is 61.6 Å². The van der Waals surface area contributed by atoms with Crippen LogP contribution in [0.15, 0.2) is 40.9 Å². The molecule has 0 fully saturated rings. The van der Waals surface area contributed by atoms with E-state index in [1.54, 1.807) is 6.07 Å². The summed E-state index contributed by atoms with van der Waals surface area (Å²) in [5.74, 6) is 0.966. The lowest BCUT2D eigenvalue weighted by Crippen LogP contribution is -1.90. The van der Waals surface area contributed by atoms with E-state index in [1.807, 2.05) is 12.1 Å². The third-order valence-corrected chi connectivity index (χ3v) is 4.16. The molecule has 0 unspecified atom stereocenters. The van der Waals surface area contributed by atoms with Gasteiger partial charge in [-0.15, -0.1) is 0 Å². The summed E-state index contributed by atoms with van der Waals surface area (Å²) in [5, 5.41) is 11.6. The Morgan fingerprint density at radius 2 is 2.00 bits per heavy atom. The molecule has 2 aromatic rings. The molecule has 104 valence electrons. The number of hydrogen-bond donors (Lipinski definition) is 0. The molecule has 0 aromatic heterocycles. The van der Waals surface area contributed by atoms with Crippen LogP contribution in [0.3, 0.4) is 0 Å². The van der Waals surface area contributed by atoms with Crippen LogP contribution in [-0.2, 0) is 5.33 Å². The van der Waals surface area contributed by atoms with Gasteiger partial charge in [0.15, 0.2) is 0 Å². The van der Waals surface area contributed by atoms with Gasteiger partial charge in [-0.05, 0) is 23.8 Å². The molecule has 0 heterocycles. The van der Waals surface area contributed by atoms with Gasteiger partial charge in [-0.2, -0.15) is 0 Å². The van der Waals surface area contributed by atoms with Crippen molar-refractivity contribution in [2.45, 2.75) is 5.33 Å². The molecule has 0 amide bonds. The molecule has 0 atom stereocenters. The topological polar surface area (TPSA) is 52.4 Å². The van der Waals surface area contributed by atoms with Crippen molar-refractivity contribution in [2.24, 2.45) is 0 Å². The molecule has 4 nitrogen and oxygen atoms in total. The van der Waals surface area contributed by atoms with E-state index in [0.717, 1.165) is 15.4 Å². The van der Waals surface area contributed by atoms with Crippen LogP contribution >= 0.6 is 43.5 Å². The summed E-state index contributed by atoms with van der Waals surface area (Å²) in [5.41, 5.74) is 1.02. The summed E-state index contributed by atoms with van der Waals surface area (Å²) in [6.45, 7) is 0. The molecular weight excluding hydrogens is 413 g/mol. The fourth-order valence-corrected chi connectivity index (χ4v) is 3.09. The second-order valence-electron chi connectivity index (χ2n) is 3.86. The molecule has 2 aromatic carbocycles. The first-order chi connectivity index (χ1) is 9.51. The molecule has 0 aliphatic carbocycles. The van der Waals surface area contributed by atoms with E-state index in [4.69, 9.17) is 16.3 Å². The van der Waals surface area contributed by atoms with E-state index in [-0.39, 0.29) is 10.7 Å². The van der Waals surface area contributed by atoms with Gasteiger partial charge in [-0.25, -0.2) is 0 Å². The van der Waals surface area contributed by atoms with Crippen molar-refractivity contribution < 1.29 is 9.66 Å². The van der Waals surface area contributed by atoms with Crippen LogP contribution in [0, 0.1) is 10.1 Å². The monoisotopic (exact) mass is 419 g/mol. The summed E-state index contributed by atoms with van der Waals surface area (Å²) >= 11 is 12.8. The third kappa shape index (κ3) is 3.50. The Morgan fingerprint density at radius 1 is 1.25 bits per heavy atom. The van der Waals surface area contributed by atoms with Crippen LogP contribution in [0.4, 0.5) is 5.69 Å². The van der Waals surface area contributed by atoms with Crippen LogP contribution < -0.4 is 4.74 Å². The van der Waals surface area contributed by atoms with Crippen LogP contribution in [0.5, 0.6) is 11.5 Å². The SMILES string of the molecule is O=[N+]([O-])c1ccc(Oc2ccc(CBr)c(Br)c2)c(Cl)c1. The Kier molecular flexibility index (Phi) is 5.01. The minimum atomic E-state index is -0.503. The van der Waals surface area contributed by atoms with Crippen molar-refractivity contribution in [3.63, 3.8) is 0 Å². The standard InChI is InChI=1S/C13H8Br2ClNO3/c14-7-8-1-3-10(6-11(8)15)20-13-4-2-9(17(18)19)5-12(13)16/h1-6H,7H2. The van der Waals surface area contributed by atoms with E-state index >= 15 is 0 Å². The molecule has 0 spiro atoms. The van der Waals surface area contributed by atoms with Gasteiger partial charge < -0.3 is 4.74 Å². The number of hydrogen-bond acceptors (Lipinski definition) is 3. The highest BCUT2D eigenvalue weighted by Gasteiger charge is 2.11. The van der Waals surface area contributed by atoms with Crippen LogP contribution in [0.2, 0.25) is 5.02 Å². The molecule has 20 heavy (non-hydrogen) atoms. The zero-order valence-corrected chi connectivity index (χ0v) is 13.9. The number of nitrogens with zero attached hydrogens (tertiary/aromatic N) is 1. The van der Waals surface area contributed by atoms with E-state index in [1.165, 1.54) is 18.2 Å². The Bertz CT molecular complexity index is 664. The Hall–Kier alpha value is -1.11. The van der Waals surface area contributed by atoms with Gasteiger partial charge in [-0.1, -0.05) is 49.5 Å². The molecule has 2 rings (SSSR count). The molecule has 0 saturated heterocycles. The summed E-state index contributed by atoms with van der Waals surface area (Å²) in [6, 6.07) is 9.62. The first-order valence-electron chi connectivity index (χ1n) is 5.47. The number of nitro groups is 1. The van der Waals surface area contributed by atoms with Crippen molar-refractivity contribution >= 4 is 49.1 Å². The number of benzene rings is 2. The first-order valence-corrected chi connectivity index (χ1v) is 7.76. The summed E-state index contributed by atoms with van der Waals surface area (Å²) < 4.78 is 6.53. The van der Waals surface area contributed by atoms with Gasteiger partial charge in [-0.3, -0.25) is 10.1 Å². The van der Waals surface area contributed by atoms with E-state index in [0.29, 0.717) is 11.5 Å². The Labute approximate surface area is 137 Å². The van der Waals surface area contributed by atoms with Gasteiger partial charge in [0.1, 0.15) is 11.5 Å². The average Bonchev–Trinajstić information content (AvgIpc) is 2.41. The second kappa shape index (κ2) is 6.56. The zero-order valence-electron chi connectivity index (χ0n) is 9.98. The van der Waals surface area contributed by atoms with Gasteiger partial charge >= 0.3 is 0 Å². The van der Waals surface area contributed by atoms with Crippen LogP contribution in [0.25, 0.3) is 0 Å². The van der Waals surface area contributed by atoms with E-state index < -0.39 is 4.92 Å². The molecule has 0 N–H and O–H groups in total. The maximum atomic E-state index is 10.6. The fraction of sp³-hybridized carbons (Fsp3) is 0.0769. The number of rotatable bonds is 4. The van der Waals surface area contributed by atoms with Crippen molar-refractivity contribution in [1.82, 2.24) is 0 Å². The summed E-state index contributed by atoms with van der Waals surface area (Å²) in [7, 11) is 0. The lowest BCUT2D eigenvalue weighted by Gasteiger charge is -2.09. The minimum Gasteiger partial charge on any atom is -0.456 e. The predicted octanol–water partition coefficient (Wildman–Crippen LogP) is 5.70. The fourth-order valence-electron chi connectivity index (χ4n) is 1.51. The van der Waals surface area contributed by atoms with Gasteiger partial charge in [0.05, 0.1) is 9.95 Å². The highest BCUT2D eigenvalue weighted by Crippen LogP contribution is 2.34. The van der Waals surface area contributed by atoms with Gasteiger partial charge in [0, 0.05) is 21.9 Å². The zero-order chi connectivity index (χ0) is 14.7. The highest BCUT2D eigenvalue weighted by atomic mass is 79.9. The number of non-ortho nitro benzene ring substituents is 1. The Morgan fingerprint density at radius 3 is 2.55 bits per heavy atom.